The number of benzene rings is 1. The van der Waals surface area contributed by atoms with Crippen molar-refractivity contribution in [2.45, 2.75) is 26.2 Å². The molecule has 108 valence electrons. The number of amides is 2. The number of nitrogens with one attached hydrogen (secondary N) is 2. The van der Waals surface area contributed by atoms with Crippen LogP contribution in [-0.2, 0) is 9.59 Å². The van der Waals surface area contributed by atoms with Gasteiger partial charge in [0.05, 0.1) is 17.9 Å². The highest BCUT2D eigenvalue weighted by atomic mass is 16.2. The number of hydrogen-bond donors (Lipinski definition) is 2. The third-order valence-corrected chi connectivity index (χ3v) is 3.25. The van der Waals surface area contributed by atoms with Crippen LogP contribution in [0.15, 0.2) is 24.3 Å². The summed E-state index contributed by atoms with van der Waals surface area (Å²) in [4.78, 5) is 25.4. The van der Waals surface area contributed by atoms with E-state index in [1.54, 1.807) is 4.90 Å². The molecule has 0 radical (unpaired) electrons. The summed E-state index contributed by atoms with van der Waals surface area (Å²) in [6.45, 7) is 3.88. The number of nitrogens with zero attached hydrogens (tertiary/aromatic N) is 1. The van der Waals surface area contributed by atoms with Gasteiger partial charge in [0.25, 0.3) is 0 Å². The molecule has 1 aromatic rings. The maximum Gasteiger partial charge on any atom is 0.238 e. The second-order valence-corrected chi connectivity index (χ2v) is 4.89. The van der Waals surface area contributed by atoms with Crippen LogP contribution in [-0.4, -0.2) is 31.4 Å². The largest absolute Gasteiger partial charge is 0.323 e. The van der Waals surface area contributed by atoms with Gasteiger partial charge in [-0.15, -0.1) is 0 Å². The molecule has 0 bridgehead atoms. The van der Waals surface area contributed by atoms with Gasteiger partial charge in [-0.2, -0.15) is 0 Å². The summed E-state index contributed by atoms with van der Waals surface area (Å²) < 4.78 is 0. The average molecular weight is 275 g/mol. The Kier molecular flexibility index (Phi) is 5.12. The average Bonchev–Trinajstić information content (AvgIpc) is 2.86. The molecule has 2 N–H and O–H groups in total. The lowest BCUT2D eigenvalue weighted by Crippen LogP contribution is -2.30. The van der Waals surface area contributed by atoms with Crippen molar-refractivity contribution in [1.82, 2.24) is 5.32 Å². The molecule has 20 heavy (non-hydrogen) atoms. The first-order chi connectivity index (χ1) is 9.72. The molecule has 1 fully saturated rings. The maximum atomic E-state index is 11.9. The number of carbonyl (C=O) groups is 2. The van der Waals surface area contributed by atoms with Crippen LogP contribution in [0.2, 0.25) is 0 Å². The molecule has 1 saturated heterocycles. The van der Waals surface area contributed by atoms with Gasteiger partial charge < -0.3 is 15.5 Å². The summed E-state index contributed by atoms with van der Waals surface area (Å²) in [5.74, 6) is 0.0355. The fraction of sp³-hybridized carbons (Fsp3) is 0.467. The van der Waals surface area contributed by atoms with Gasteiger partial charge in [-0.1, -0.05) is 19.1 Å². The molecule has 5 nitrogen and oxygen atoms in total. The highest BCUT2D eigenvalue weighted by Crippen LogP contribution is 2.29. The Balaban J connectivity index is 2.04. The molecular formula is C15H21N3O2. The smallest absolute Gasteiger partial charge is 0.238 e. The van der Waals surface area contributed by atoms with E-state index in [4.69, 9.17) is 0 Å². The lowest BCUT2D eigenvalue weighted by molar-refractivity contribution is -0.117. The fourth-order valence-corrected chi connectivity index (χ4v) is 2.29. The normalized spacial score (nSPS) is 14.7. The molecule has 2 amide bonds. The van der Waals surface area contributed by atoms with E-state index in [-0.39, 0.29) is 18.4 Å². The molecule has 0 aliphatic carbocycles. The van der Waals surface area contributed by atoms with Gasteiger partial charge >= 0.3 is 0 Å². The van der Waals surface area contributed by atoms with Crippen LogP contribution in [0.3, 0.4) is 0 Å². The van der Waals surface area contributed by atoms with Crippen LogP contribution >= 0.6 is 0 Å². The zero-order valence-corrected chi connectivity index (χ0v) is 11.8. The lowest BCUT2D eigenvalue weighted by atomic mass is 10.2. The van der Waals surface area contributed by atoms with Crippen LogP contribution < -0.4 is 15.5 Å². The number of para-hydroxylation sites is 2. The van der Waals surface area contributed by atoms with E-state index < -0.39 is 0 Å². The van der Waals surface area contributed by atoms with E-state index in [2.05, 4.69) is 17.6 Å². The van der Waals surface area contributed by atoms with Crippen LogP contribution in [0, 0.1) is 0 Å². The van der Waals surface area contributed by atoms with Crippen molar-refractivity contribution in [3.63, 3.8) is 0 Å². The Morgan fingerprint density at radius 2 is 2.15 bits per heavy atom. The van der Waals surface area contributed by atoms with Gasteiger partial charge in [0.1, 0.15) is 0 Å². The number of carbonyl (C=O) groups excluding carboxylic acids is 2. The first-order valence-electron chi connectivity index (χ1n) is 7.12. The third-order valence-electron chi connectivity index (χ3n) is 3.25. The minimum atomic E-state index is -0.0856. The van der Waals surface area contributed by atoms with Crippen molar-refractivity contribution < 1.29 is 9.59 Å². The summed E-state index contributed by atoms with van der Waals surface area (Å²) in [7, 11) is 0. The SMILES string of the molecule is CCCNCC(=O)Nc1ccccc1N1CCCC1=O. The molecule has 0 spiro atoms. The fourth-order valence-electron chi connectivity index (χ4n) is 2.29. The highest BCUT2D eigenvalue weighted by Gasteiger charge is 2.23. The Bertz CT molecular complexity index is 488. The van der Waals surface area contributed by atoms with Crippen molar-refractivity contribution in [1.29, 1.82) is 0 Å². The monoisotopic (exact) mass is 275 g/mol. The lowest BCUT2D eigenvalue weighted by Gasteiger charge is -2.20. The van der Waals surface area contributed by atoms with E-state index in [1.165, 1.54) is 0 Å². The zero-order chi connectivity index (χ0) is 14.4. The van der Waals surface area contributed by atoms with Crippen LogP contribution in [0.5, 0.6) is 0 Å². The molecule has 1 aromatic carbocycles. The number of anilines is 2. The predicted molar refractivity (Wildman–Crippen MR) is 79.8 cm³/mol. The van der Waals surface area contributed by atoms with Gasteiger partial charge in [0.2, 0.25) is 11.8 Å². The Morgan fingerprint density at radius 3 is 2.85 bits per heavy atom. The van der Waals surface area contributed by atoms with Crippen molar-refractivity contribution in [2.24, 2.45) is 0 Å². The Labute approximate surface area is 119 Å². The van der Waals surface area contributed by atoms with E-state index in [0.717, 1.165) is 31.6 Å². The summed E-state index contributed by atoms with van der Waals surface area (Å²) in [6.07, 6.45) is 2.45. The third kappa shape index (κ3) is 3.57. The van der Waals surface area contributed by atoms with Crippen molar-refractivity contribution in [2.75, 3.05) is 29.9 Å². The van der Waals surface area contributed by atoms with Crippen molar-refractivity contribution >= 4 is 23.2 Å². The van der Waals surface area contributed by atoms with Crippen molar-refractivity contribution in [3.05, 3.63) is 24.3 Å². The van der Waals surface area contributed by atoms with Gasteiger partial charge in [0.15, 0.2) is 0 Å². The minimum absolute atomic E-state index is 0.0856. The van der Waals surface area contributed by atoms with Gasteiger partial charge in [-0.25, -0.2) is 0 Å². The van der Waals surface area contributed by atoms with Crippen LogP contribution in [0.4, 0.5) is 11.4 Å². The molecule has 0 atom stereocenters. The molecule has 1 aliphatic heterocycles. The molecule has 0 saturated carbocycles. The van der Waals surface area contributed by atoms with E-state index >= 15 is 0 Å². The predicted octanol–water partition coefficient (Wildman–Crippen LogP) is 1.75. The quantitative estimate of drug-likeness (QED) is 0.778. The summed E-state index contributed by atoms with van der Waals surface area (Å²) >= 11 is 0. The standard InChI is InChI=1S/C15H21N3O2/c1-2-9-16-11-14(19)17-12-6-3-4-7-13(12)18-10-5-8-15(18)20/h3-4,6-7,16H,2,5,8-11H2,1H3,(H,17,19). The van der Waals surface area contributed by atoms with Crippen LogP contribution in [0.1, 0.15) is 26.2 Å². The van der Waals surface area contributed by atoms with Crippen molar-refractivity contribution in [3.8, 4) is 0 Å². The van der Waals surface area contributed by atoms with E-state index in [9.17, 15) is 9.59 Å². The second-order valence-electron chi connectivity index (χ2n) is 4.89. The van der Waals surface area contributed by atoms with Crippen LogP contribution in [0.25, 0.3) is 0 Å². The first-order valence-corrected chi connectivity index (χ1v) is 7.12. The molecule has 0 aromatic heterocycles. The zero-order valence-electron chi connectivity index (χ0n) is 11.8. The molecular weight excluding hydrogens is 254 g/mol. The molecule has 5 heteroatoms. The molecule has 0 unspecified atom stereocenters. The molecule has 1 heterocycles. The Hall–Kier alpha value is -1.88. The van der Waals surface area contributed by atoms with E-state index in [1.807, 2.05) is 24.3 Å². The van der Waals surface area contributed by atoms with Gasteiger partial charge in [0, 0.05) is 13.0 Å². The molecule has 1 aliphatic rings. The van der Waals surface area contributed by atoms with E-state index in [0.29, 0.717) is 12.1 Å². The van der Waals surface area contributed by atoms with Gasteiger partial charge in [-0.3, -0.25) is 9.59 Å². The minimum Gasteiger partial charge on any atom is -0.323 e. The maximum absolute atomic E-state index is 11.9. The molecule has 2 rings (SSSR count). The first kappa shape index (κ1) is 14.5. The second kappa shape index (κ2) is 7.05. The number of rotatable bonds is 6. The summed E-state index contributed by atoms with van der Waals surface area (Å²) in [5, 5.41) is 5.93. The summed E-state index contributed by atoms with van der Waals surface area (Å²) in [6, 6.07) is 7.45. The summed E-state index contributed by atoms with van der Waals surface area (Å²) in [5.41, 5.74) is 1.49. The topological polar surface area (TPSA) is 61.4 Å². The number of hydrogen-bond acceptors (Lipinski definition) is 3. The Morgan fingerprint density at radius 1 is 1.35 bits per heavy atom. The van der Waals surface area contributed by atoms with Gasteiger partial charge in [-0.05, 0) is 31.5 Å². The highest BCUT2D eigenvalue weighted by molar-refractivity contribution is 6.02.